The highest BCUT2D eigenvalue weighted by atomic mass is 14.5. The molecule has 12 heteroatoms. The number of nitrogens with two attached hydrogens (primary N) is 2. The second-order valence-corrected chi connectivity index (χ2v) is 4.74. The second-order valence-electron chi connectivity index (χ2n) is 4.74. The van der Waals surface area contributed by atoms with Gasteiger partial charge in [-0.05, 0) is 44.7 Å². The predicted molar refractivity (Wildman–Crippen MR) is 102 cm³/mol. The first-order chi connectivity index (χ1) is 9.85. The molecule has 11 radical (unpaired) electrons. The fourth-order valence-corrected chi connectivity index (χ4v) is 1.93. The molecule has 0 amide bonds. The van der Waals surface area contributed by atoms with Crippen LogP contribution in [0.4, 0.5) is 0 Å². The van der Waals surface area contributed by atoms with Crippen LogP contribution in [0.3, 0.4) is 0 Å². The Labute approximate surface area is 134 Å². The van der Waals surface area contributed by atoms with Gasteiger partial charge in [0.05, 0.1) is 7.17 Å². The lowest BCUT2D eigenvalue weighted by molar-refractivity contribution is 0.465. The SMILES string of the molecule is [B][B][B][B][B][B][B][B][B][B]CC(CCCN)CCCN. The minimum Gasteiger partial charge on any atom is -0.330 e. The lowest BCUT2D eigenvalue weighted by atomic mass is 8.89. The van der Waals surface area contributed by atoms with Crippen molar-refractivity contribution in [3.05, 3.63) is 0 Å². The van der Waals surface area contributed by atoms with E-state index < -0.39 is 0 Å². The van der Waals surface area contributed by atoms with E-state index in [9.17, 15) is 0 Å². The third kappa shape index (κ3) is 15.0. The van der Waals surface area contributed by atoms with Gasteiger partial charge < -0.3 is 11.5 Å². The minimum atomic E-state index is 0.713. The summed E-state index contributed by atoms with van der Waals surface area (Å²) in [4.78, 5) is 0. The van der Waals surface area contributed by atoms with Crippen LogP contribution in [-0.2, 0) is 0 Å². The summed E-state index contributed by atoms with van der Waals surface area (Å²) in [5, 5.41) is 0. The fourth-order valence-electron chi connectivity index (χ4n) is 1.93. The monoisotopic (exact) mass is 253 g/mol. The summed E-state index contributed by atoms with van der Waals surface area (Å²) >= 11 is 0. The van der Waals surface area contributed by atoms with Gasteiger partial charge in [-0.2, -0.15) is 0 Å². The first kappa shape index (κ1) is 20.6. The maximum atomic E-state index is 5.57. The van der Waals surface area contributed by atoms with Gasteiger partial charge in [0.1, 0.15) is 0 Å². The molecule has 0 unspecified atom stereocenters. The summed E-state index contributed by atoms with van der Waals surface area (Å²) in [6.45, 7) is 1.56. The molecule has 0 heterocycles. The summed E-state index contributed by atoms with van der Waals surface area (Å²) in [7, 11) is 22.7. The molecule has 0 fully saturated rings. The molecule has 4 N–H and O–H groups in total. The summed E-state index contributed by atoms with van der Waals surface area (Å²) < 4.78 is 0. The Morgan fingerprint density at radius 3 is 1.75 bits per heavy atom. The van der Waals surface area contributed by atoms with Crippen LogP contribution < -0.4 is 11.5 Å². The van der Waals surface area contributed by atoms with Crippen LogP contribution in [0, 0.1) is 5.92 Å². The standard InChI is InChI=1S/C8H19B10N2/c9-11-13-15-17-18-16-14-12-10-7-8(3-1-5-19)4-2-6-20/h8H,1-7,19-20H2. The van der Waals surface area contributed by atoms with Crippen molar-refractivity contribution in [3.8, 4) is 0 Å². The fraction of sp³-hybridized carbons (Fsp3) is 1.00. The maximum absolute atomic E-state index is 5.57. The molecule has 0 atom stereocenters. The summed E-state index contributed by atoms with van der Waals surface area (Å²) in [5.41, 5.74) is 11.1. The van der Waals surface area contributed by atoms with Gasteiger partial charge >= 0.3 is 0 Å². The molecule has 0 spiro atoms. The van der Waals surface area contributed by atoms with E-state index in [2.05, 4.69) is 14.2 Å². The highest BCUT2D eigenvalue weighted by Crippen LogP contribution is 2.16. The van der Waals surface area contributed by atoms with Crippen LogP contribution in [0.2, 0.25) is 6.32 Å². The lowest BCUT2D eigenvalue weighted by Crippen LogP contribution is -2.31. The van der Waals surface area contributed by atoms with Crippen LogP contribution in [0.5, 0.6) is 0 Å². The Morgan fingerprint density at radius 2 is 1.25 bits per heavy atom. The highest BCUT2D eigenvalue weighted by molar-refractivity contribution is 7.68. The van der Waals surface area contributed by atoms with Crippen molar-refractivity contribution in [2.24, 2.45) is 17.4 Å². The normalized spacial score (nSPS) is 9.55. The summed E-state index contributed by atoms with van der Waals surface area (Å²) in [6.07, 6.45) is 5.71. The van der Waals surface area contributed by atoms with E-state index in [-0.39, 0.29) is 0 Å². The van der Waals surface area contributed by atoms with Crippen molar-refractivity contribution >= 4 is 71.4 Å². The van der Waals surface area contributed by atoms with Crippen molar-refractivity contribution in [2.45, 2.75) is 32.0 Å². The van der Waals surface area contributed by atoms with E-state index >= 15 is 0 Å². The van der Waals surface area contributed by atoms with Crippen molar-refractivity contribution in [1.29, 1.82) is 0 Å². The van der Waals surface area contributed by atoms with Gasteiger partial charge in [0, 0.05) is 64.2 Å². The molecular weight excluding hydrogens is 232 g/mol. The Kier molecular flexibility index (Phi) is 18.1. The smallest absolute Gasteiger partial charge is 0.0548 e. The third-order valence-corrected chi connectivity index (χ3v) is 3.02. The van der Waals surface area contributed by atoms with Crippen LogP contribution >= 0.6 is 0 Å². The van der Waals surface area contributed by atoms with Crippen molar-refractivity contribution in [3.63, 3.8) is 0 Å². The zero-order valence-corrected chi connectivity index (χ0v) is 12.5. The Balaban J connectivity index is 3.38. The van der Waals surface area contributed by atoms with Gasteiger partial charge in [-0.1, -0.05) is 6.32 Å². The van der Waals surface area contributed by atoms with Gasteiger partial charge in [0.2, 0.25) is 0 Å². The predicted octanol–water partition coefficient (Wildman–Crippen LogP) is -2.76. The third-order valence-electron chi connectivity index (χ3n) is 3.02. The zero-order chi connectivity index (χ0) is 14.9. The average Bonchev–Trinajstić information content (AvgIpc) is 2.47. The van der Waals surface area contributed by atoms with Crippen LogP contribution in [0.1, 0.15) is 25.7 Å². The molecule has 0 aliphatic rings. The Hall–Kier alpha value is 0.569. The molecule has 91 valence electrons. The molecule has 0 aromatic heterocycles. The van der Waals surface area contributed by atoms with Gasteiger partial charge in [0.15, 0.2) is 0 Å². The van der Waals surface area contributed by atoms with Crippen LogP contribution in [-0.4, -0.2) is 84.5 Å². The molecule has 0 aromatic carbocycles. The Bertz CT molecular complexity index is 181. The van der Waals surface area contributed by atoms with Crippen molar-refractivity contribution < 1.29 is 0 Å². The molecule has 2 nitrogen and oxygen atoms in total. The van der Waals surface area contributed by atoms with E-state index in [1.54, 1.807) is 7.06 Å². The quantitative estimate of drug-likeness (QED) is 0.231. The molecule has 0 saturated carbocycles. The number of rotatable bonds is 16. The van der Waals surface area contributed by atoms with Gasteiger partial charge in [-0.15, -0.1) is 0 Å². The summed E-state index contributed by atoms with van der Waals surface area (Å²) in [5.74, 6) is 0.713. The van der Waals surface area contributed by atoms with E-state index in [4.69, 9.17) is 19.2 Å². The molecule has 20 heavy (non-hydrogen) atoms. The number of hydrogen-bond acceptors (Lipinski definition) is 2. The van der Waals surface area contributed by atoms with E-state index in [0.717, 1.165) is 32.3 Å². The van der Waals surface area contributed by atoms with Crippen LogP contribution in [0.25, 0.3) is 0 Å². The molecule has 0 saturated heterocycles. The van der Waals surface area contributed by atoms with E-state index in [0.29, 0.717) is 5.92 Å². The largest absolute Gasteiger partial charge is 0.330 e. The van der Waals surface area contributed by atoms with Crippen molar-refractivity contribution in [2.75, 3.05) is 13.1 Å². The highest BCUT2D eigenvalue weighted by Gasteiger charge is 2.08. The average molecular weight is 251 g/mol. The minimum absolute atomic E-state index is 0.713. The van der Waals surface area contributed by atoms with Gasteiger partial charge in [-0.25, -0.2) is 0 Å². The van der Waals surface area contributed by atoms with Crippen molar-refractivity contribution in [1.82, 2.24) is 0 Å². The Morgan fingerprint density at radius 1 is 0.750 bits per heavy atom. The molecule has 0 aliphatic carbocycles. The van der Waals surface area contributed by atoms with E-state index in [1.165, 1.54) is 19.9 Å². The van der Waals surface area contributed by atoms with Gasteiger partial charge in [0.25, 0.3) is 0 Å². The second kappa shape index (κ2) is 17.6. The topological polar surface area (TPSA) is 52.0 Å². The van der Waals surface area contributed by atoms with E-state index in [1.807, 2.05) is 35.3 Å². The molecule has 0 bridgehead atoms. The number of hydrogen-bond donors (Lipinski definition) is 2. The lowest BCUT2D eigenvalue weighted by Gasteiger charge is -2.15. The zero-order valence-electron chi connectivity index (χ0n) is 12.5. The molecular formula is C8H19B10N2. The van der Waals surface area contributed by atoms with Gasteiger partial charge in [-0.3, -0.25) is 0 Å². The molecule has 0 aliphatic heterocycles. The molecule has 0 rings (SSSR count). The maximum Gasteiger partial charge on any atom is 0.0548 e. The van der Waals surface area contributed by atoms with Crippen LogP contribution in [0.15, 0.2) is 0 Å². The molecule has 0 aromatic rings. The first-order valence-corrected chi connectivity index (χ1v) is 7.45. The summed E-state index contributed by atoms with van der Waals surface area (Å²) in [6, 6.07) is 0. The first-order valence-electron chi connectivity index (χ1n) is 7.45.